The Morgan fingerprint density at radius 1 is 1.71 bits per heavy atom. The highest BCUT2D eigenvalue weighted by atomic mass is 127. The van der Waals surface area contributed by atoms with E-state index in [-0.39, 0.29) is 26.8 Å². The van der Waals surface area contributed by atoms with E-state index in [1.54, 1.807) is 28.7 Å². The number of nitrogens with zero attached hydrogens (tertiary/aromatic N) is 2. The summed E-state index contributed by atoms with van der Waals surface area (Å²) in [6.07, 6.45) is -2.13. The number of aromatic nitrogens is 1. The largest absolute Gasteiger partial charge is 0.469 e. The Bertz CT molecular complexity index is 486. The van der Waals surface area contributed by atoms with Crippen LogP contribution in [0.1, 0.15) is 23.2 Å². The van der Waals surface area contributed by atoms with Gasteiger partial charge in [0.2, 0.25) is 0 Å². The molecule has 0 bridgehead atoms. The molecule has 0 radical (unpaired) electrons. The molecule has 0 aliphatic heterocycles. The van der Waals surface area contributed by atoms with Crippen LogP contribution in [0.3, 0.4) is 0 Å². The van der Waals surface area contributed by atoms with Gasteiger partial charge in [0.15, 0.2) is 5.69 Å². The molecular formula is C10H7F2IN2O2. The minimum Gasteiger partial charge on any atom is -0.469 e. The van der Waals surface area contributed by atoms with Crippen molar-refractivity contribution >= 4 is 28.6 Å². The lowest BCUT2D eigenvalue weighted by Crippen LogP contribution is -2.11. The number of halogens is 3. The standard InChI is InChI=1S/C10H7F2IN2O2/c1-17-8(16)2-5-6(10(11)12)4-15-7(3-14)9(5)13/h4,10H,2H2,1H3. The van der Waals surface area contributed by atoms with Crippen LogP contribution in [0.25, 0.3) is 0 Å². The average molecular weight is 352 g/mol. The quantitative estimate of drug-likeness (QED) is 0.618. The summed E-state index contributed by atoms with van der Waals surface area (Å²) < 4.78 is 30.1. The first kappa shape index (κ1) is 13.8. The third-order valence-electron chi connectivity index (χ3n) is 2.04. The van der Waals surface area contributed by atoms with Gasteiger partial charge in [-0.1, -0.05) is 0 Å². The minimum atomic E-state index is -2.75. The average Bonchev–Trinajstić information content (AvgIpc) is 2.30. The monoisotopic (exact) mass is 352 g/mol. The van der Waals surface area contributed by atoms with Gasteiger partial charge in [0.1, 0.15) is 6.07 Å². The predicted octanol–water partition coefficient (Wildman–Crippen LogP) is 2.21. The molecule has 0 fully saturated rings. The summed E-state index contributed by atoms with van der Waals surface area (Å²) in [5.41, 5.74) is -0.230. The lowest BCUT2D eigenvalue weighted by Gasteiger charge is -2.10. The summed E-state index contributed by atoms with van der Waals surface area (Å²) >= 11 is 1.72. The van der Waals surface area contributed by atoms with Gasteiger partial charge in [0, 0.05) is 11.8 Å². The van der Waals surface area contributed by atoms with Gasteiger partial charge < -0.3 is 4.74 Å². The van der Waals surface area contributed by atoms with Gasteiger partial charge in [0.05, 0.1) is 17.1 Å². The van der Waals surface area contributed by atoms with Crippen molar-refractivity contribution in [3.05, 3.63) is 26.6 Å². The number of pyridine rings is 1. The van der Waals surface area contributed by atoms with Gasteiger partial charge in [-0.15, -0.1) is 0 Å². The zero-order chi connectivity index (χ0) is 13.0. The first-order chi connectivity index (χ1) is 8.01. The summed E-state index contributed by atoms with van der Waals surface area (Å²) in [5.74, 6) is -0.639. The molecule has 1 aromatic rings. The van der Waals surface area contributed by atoms with Crippen molar-refractivity contribution in [2.45, 2.75) is 12.8 Å². The van der Waals surface area contributed by atoms with Gasteiger partial charge in [0.25, 0.3) is 6.43 Å². The van der Waals surface area contributed by atoms with Crippen molar-refractivity contribution < 1.29 is 18.3 Å². The van der Waals surface area contributed by atoms with Crippen molar-refractivity contribution in [1.29, 1.82) is 5.26 Å². The van der Waals surface area contributed by atoms with Crippen molar-refractivity contribution in [2.24, 2.45) is 0 Å². The van der Waals surface area contributed by atoms with Gasteiger partial charge in [-0.05, 0) is 28.2 Å². The zero-order valence-electron chi connectivity index (χ0n) is 8.71. The fourth-order valence-corrected chi connectivity index (χ4v) is 1.96. The van der Waals surface area contributed by atoms with Crippen LogP contribution in [0, 0.1) is 14.9 Å². The Hall–Kier alpha value is -1.30. The third-order valence-corrected chi connectivity index (χ3v) is 3.21. The summed E-state index contributed by atoms with van der Waals surface area (Å²) in [6.45, 7) is 0. The second-order valence-electron chi connectivity index (χ2n) is 3.02. The van der Waals surface area contributed by atoms with Gasteiger partial charge in [-0.3, -0.25) is 4.79 Å². The molecular weight excluding hydrogens is 345 g/mol. The Morgan fingerprint density at radius 2 is 2.35 bits per heavy atom. The van der Waals surface area contributed by atoms with Crippen LogP contribution < -0.4 is 0 Å². The van der Waals surface area contributed by atoms with Crippen LogP contribution in [0.2, 0.25) is 0 Å². The van der Waals surface area contributed by atoms with E-state index in [0.29, 0.717) is 0 Å². The molecule has 0 saturated carbocycles. The molecule has 17 heavy (non-hydrogen) atoms. The van der Waals surface area contributed by atoms with Crippen molar-refractivity contribution in [1.82, 2.24) is 4.98 Å². The van der Waals surface area contributed by atoms with E-state index < -0.39 is 12.4 Å². The fraction of sp³-hybridized carbons (Fsp3) is 0.300. The van der Waals surface area contributed by atoms with Crippen LogP contribution >= 0.6 is 22.6 Å². The number of nitriles is 1. The maximum Gasteiger partial charge on any atom is 0.310 e. The number of alkyl halides is 2. The number of methoxy groups -OCH3 is 1. The topological polar surface area (TPSA) is 63.0 Å². The van der Waals surface area contributed by atoms with Crippen molar-refractivity contribution in [2.75, 3.05) is 7.11 Å². The molecule has 0 aromatic carbocycles. The second kappa shape index (κ2) is 5.86. The van der Waals surface area contributed by atoms with Crippen LogP contribution in [-0.2, 0) is 16.0 Å². The molecule has 7 heteroatoms. The van der Waals surface area contributed by atoms with E-state index in [2.05, 4.69) is 9.72 Å². The van der Waals surface area contributed by atoms with Crippen LogP contribution in [0.15, 0.2) is 6.20 Å². The molecule has 1 rings (SSSR count). The van der Waals surface area contributed by atoms with Crippen molar-refractivity contribution in [3.63, 3.8) is 0 Å². The Labute approximate surface area is 110 Å². The molecule has 4 nitrogen and oxygen atoms in total. The second-order valence-corrected chi connectivity index (χ2v) is 4.10. The lowest BCUT2D eigenvalue weighted by atomic mass is 10.1. The number of carbonyl (C=O) groups is 1. The Morgan fingerprint density at radius 3 is 2.82 bits per heavy atom. The van der Waals surface area contributed by atoms with E-state index >= 15 is 0 Å². The smallest absolute Gasteiger partial charge is 0.310 e. The van der Waals surface area contributed by atoms with E-state index in [9.17, 15) is 13.6 Å². The highest BCUT2D eigenvalue weighted by molar-refractivity contribution is 14.1. The summed E-state index contributed by atoms with van der Waals surface area (Å²) in [4.78, 5) is 14.7. The maximum absolute atomic E-state index is 12.7. The SMILES string of the molecule is COC(=O)Cc1c(C(F)F)cnc(C#N)c1I. The van der Waals surface area contributed by atoms with E-state index in [4.69, 9.17) is 5.26 Å². The van der Waals surface area contributed by atoms with E-state index in [1.807, 2.05) is 0 Å². The van der Waals surface area contributed by atoms with E-state index in [1.165, 1.54) is 7.11 Å². The Kier molecular flexibility index (Phi) is 4.74. The Balaban J connectivity index is 3.31. The number of hydrogen-bond acceptors (Lipinski definition) is 4. The van der Waals surface area contributed by atoms with E-state index in [0.717, 1.165) is 6.20 Å². The highest BCUT2D eigenvalue weighted by Gasteiger charge is 2.21. The molecule has 90 valence electrons. The van der Waals surface area contributed by atoms with Crippen LogP contribution in [-0.4, -0.2) is 18.1 Å². The molecule has 0 amide bonds. The first-order valence-corrected chi connectivity index (χ1v) is 5.51. The first-order valence-electron chi connectivity index (χ1n) is 4.43. The van der Waals surface area contributed by atoms with Crippen LogP contribution in [0.5, 0.6) is 0 Å². The molecule has 1 heterocycles. The number of esters is 1. The minimum absolute atomic E-state index is 0.0221. The molecule has 0 aliphatic carbocycles. The molecule has 0 spiro atoms. The molecule has 1 aromatic heterocycles. The molecule has 0 aliphatic rings. The molecule has 0 atom stereocenters. The zero-order valence-corrected chi connectivity index (χ0v) is 10.9. The highest BCUT2D eigenvalue weighted by Crippen LogP contribution is 2.27. The molecule has 0 N–H and O–H groups in total. The number of ether oxygens (including phenoxy) is 1. The summed E-state index contributed by atoms with van der Waals surface area (Å²) in [6, 6.07) is 1.78. The predicted molar refractivity (Wildman–Crippen MR) is 62.3 cm³/mol. The van der Waals surface area contributed by atoms with Gasteiger partial charge in [-0.2, -0.15) is 5.26 Å². The van der Waals surface area contributed by atoms with Gasteiger partial charge >= 0.3 is 5.97 Å². The number of carbonyl (C=O) groups excluding carboxylic acids is 1. The summed E-state index contributed by atoms with van der Waals surface area (Å²) in [5, 5.41) is 8.74. The lowest BCUT2D eigenvalue weighted by molar-refractivity contribution is -0.139. The number of rotatable bonds is 3. The number of hydrogen-bond donors (Lipinski definition) is 0. The normalized spacial score (nSPS) is 10.1. The molecule has 0 saturated heterocycles. The molecule has 0 unspecified atom stereocenters. The maximum atomic E-state index is 12.7. The van der Waals surface area contributed by atoms with Crippen LogP contribution in [0.4, 0.5) is 8.78 Å². The van der Waals surface area contributed by atoms with Gasteiger partial charge in [-0.25, -0.2) is 13.8 Å². The summed E-state index contributed by atoms with van der Waals surface area (Å²) in [7, 11) is 1.17. The third kappa shape index (κ3) is 3.09. The van der Waals surface area contributed by atoms with Crippen molar-refractivity contribution in [3.8, 4) is 6.07 Å². The fourth-order valence-electron chi connectivity index (χ4n) is 1.20.